The Labute approximate surface area is 115 Å². The zero-order valence-electron chi connectivity index (χ0n) is 10.4. The van der Waals surface area contributed by atoms with E-state index in [0.29, 0.717) is 17.2 Å². The highest BCUT2D eigenvalue weighted by Crippen LogP contribution is 2.29. The number of carbonyl (C=O) groups is 1. The summed E-state index contributed by atoms with van der Waals surface area (Å²) in [7, 11) is 3.06. The van der Waals surface area contributed by atoms with Crippen LogP contribution in [0.4, 0.5) is 5.69 Å². The van der Waals surface area contributed by atoms with Crippen molar-refractivity contribution in [2.24, 2.45) is 0 Å². The molecule has 0 aliphatic carbocycles. The summed E-state index contributed by atoms with van der Waals surface area (Å²) in [6, 6.07) is 8.06. The van der Waals surface area contributed by atoms with E-state index < -0.39 is 5.91 Å². The average molecular weight is 282 g/mol. The molecule has 1 aromatic heterocycles. The third-order valence-corrected chi connectivity index (χ3v) is 2.66. The molecule has 1 heterocycles. The average Bonchev–Trinajstić information content (AvgIpc) is 2.86. The van der Waals surface area contributed by atoms with Crippen LogP contribution in [0.2, 0.25) is 5.22 Å². The maximum atomic E-state index is 11.9. The molecular formula is C13H12ClNO4. The van der Waals surface area contributed by atoms with Gasteiger partial charge in [0.1, 0.15) is 11.5 Å². The molecule has 0 bridgehead atoms. The smallest absolute Gasteiger partial charge is 0.291 e. The number of amides is 1. The number of halogens is 1. The summed E-state index contributed by atoms with van der Waals surface area (Å²) >= 11 is 5.62. The second-order valence-electron chi connectivity index (χ2n) is 3.62. The Morgan fingerprint density at radius 2 is 2.00 bits per heavy atom. The number of benzene rings is 1. The largest absolute Gasteiger partial charge is 0.497 e. The monoisotopic (exact) mass is 281 g/mol. The van der Waals surface area contributed by atoms with Crippen LogP contribution < -0.4 is 14.8 Å². The van der Waals surface area contributed by atoms with Crippen molar-refractivity contribution in [3.63, 3.8) is 0 Å². The number of ether oxygens (including phenoxy) is 2. The number of hydrogen-bond donors (Lipinski definition) is 1. The molecule has 1 aromatic carbocycles. The number of carbonyl (C=O) groups excluding carboxylic acids is 1. The first-order valence-corrected chi connectivity index (χ1v) is 5.80. The van der Waals surface area contributed by atoms with Crippen molar-refractivity contribution in [2.45, 2.75) is 0 Å². The number of nitrogens with one attached hydrogen (secondary N) is 1. The van der Waals surface area contributed by atoms with Gasteiger partial charge < -0.3 is 19.2 Å². The molecule has 0 atom stereocenters. The highest BCUT2D eigenvalue weighted by atomic mass is 35.5. The molecular weight excluding hydrogens is 270 g/mol. The molecule has 1 N–H and O–H groups in total. The normalized spacial score (nSPS) is 10.1. The molecule has 6 heteroatoms. The molecule has 0 fully saturated rings. The second kappa shape index (κ2) is 5.67. The Morgan fingerprint density at radius 3 is 2.58 bits per heavy atom. The van der Waals surface area contributed by atoms with Gasteiger partial charge in [-0.15, -0.1) is 0 Å². The van der Waals surface area contributed by atoms with Gasteiger partial charge in [-0.3, -0.25) is 4.79 Å². The topological polar surface area (TPSA) is 60.7 Å². The predicted octanol–water partition coefficient (Wildman–Crippen LogP) is 3.20. The molecule has 0 saturated carbocycles. The fourth-order valence-electron chi connectivity index (χ4n) is 1.52. The molecule has 0 unspecified atom stereocenters. The number of methoxy groups -OCH3 is 2. The van der Waals surface area contributed by atoms with E-state index in [0.717, 1.165) is 0 Å². The molecule has 0 aliphatic heterocycles. The predicted molar refractivity (Wildman–Crippen MR) is 71.2 cm³/mol. The minimum atomic E-state index is -0.407. The number of furan rings is 1. The van der Waals surface area contributed by atoms with E-state index in [-0.39, 0.29) is 11.0 Å². The van der Waals surface area contributed by atoms with Gasteiger partial charge in [0.2, 0.25) is 0 Å². The van der Waals surface area contributed by atoms with Gasteiger partial charge in [-0.2, -0.15) is 0 Å². The van der Waals surface area contributed by atoms with E-state index in [9.17, 15) is 4.79 Å². The molecule has 2 aromatic rings. The lowest BCUT2D eigenvalue weighted by Gasteiger charge is -2.10. The molecule has 0 radical (unpaired) electrons. The Hall–Kier alpha value is -2.14. The standard InChI is InChI=1S/C13H12ClNO4/c1-17-8-3-4-9(11(7-8)18-2)15-13(16)10-5-6-12(14)19-10/h3-7H,1-2H3,(H,15,16). The minimum absolute atomic E-state index is 0.128. The van der Waals surface area contributed by atoms with Gasteiger partial charge in [0.15, 0.2) is 11.0 Å². The van der Waals surface area contributed by atoms with Crippen LogP contribution in [0.25, 0.3) is 0 Å². The summed E-state index contributed by atoms with van der Waals surface area (Å²) in [6.07, 6.45) is 0. The number of rotatable bonds is 4. The third kappa shape index (κ3) is 3.00. The van der Waals surface area contributed by atoms with E-state index in [1.54, 1.807) is 25.3 Å². The molecule has 0 saturated heterocycles. The first-order chi connectivity index (χ1) is 9.13. The molecule has 1 amide bonds. The SMILES string of the molecule is COc1ccc(NC(=O)c2ccc(Cl)o2)c(OC)c1. The van der Waals surface area contributed by atoms with Crippen LogP contribution in [0.3, 0.4) is 0 Å². The maximum absolute atomic E-state index is 11.9. The quantitative estimate of drug-likeness (QED) is 0.935. The molecule has 0 spiro atoms. The first kappa shape index (κ1) is 13.3. The van der Waals surface area contributed by atoms with E-state index in [2.05, 4.69) is 5.32 Å². The van der Waals surface area contributed by atoms with E-state index in [1.807, 2.05) is 0 Å². The molecule has 100 valence electrons. The van der Waals surface area contributed by atoms with Gasteiger partial charge in [-0.25, -0.2) is 0 Å². The Kier molecular flexibility index (Phi) is 3.97. The van der Waals surface area contributed by atoms with Crippen molar-refractivity contribution in [1.82, 2.24) is 0 Å². The summed E-state index contributed by atoms with van der Waals surface area (Å²) in [5.74, 6) is 0.847. The van der Waals surface area contributed by atoms with E-state index >= 15 is 0 Å². The van der Waals surface area contributed by atoms with Crippen LogP contribution in [0.1, 0.15) is 10.6 Å². The Morgan fingerprint density at radius 1 is 1.21 bits per heavy atom. The summed E-state index contributed by atoms with van der Waals surface area (Å²) in [5.41, 5.74) is 0.515. The Bertz CT molecular complexity index is 594. The van der Waals surface area contributed by atoms with Crippen LogP contribution in [0.5, 0.6) is 11.5 Å². The molecule has 19 heavy (non-hydrogen) atoms. The fraction of sp³-hybridized carbons (Fsp3) is 0.154. The summed E-state index contributed by atoms with van der Waals surface area (Å²) in [5, 5.41) is 2.83. The highest BCUT2D eigenvalue weighted by molar-refractivity contribution is 6.29. The van der Waals surface area contributed by atoms with Crippen LogP contribution in [0, 0.1) is 0 Å². The van der Waals surface area contributed by atoms with Crippen LogP contribution in [-0.4, -0.2) is 20.1 Å². The lowest BCUT2D eigenvalue weighted by molar-refractivity contribution is 0.0996. The van der Waals surface area contributed by atoms with Crippen molar-refractivity contribution in [3.05, 3.63) is 41.3 Å². The van der Waals surface area contributed by atoms with E-state index in [4.69, 9.17) is 25.5 Å². The number of anilines is 1. The maximum Gasteiger partial charge on any atom is 0.291 e. The highest BCUT2D eigenvalue weighted by Gasteiger charge is 2.13. The fourth-order valence-corrected chi connectivity index (χ4v) is 1.67. The minimum Gasteiger partial charge on any atom is -0.497 e. The van der Waals surface area contributed by atoms with Crippen LogP contribution in [-0.2, 0) is 0 Å². The zero-order valence-corrected chi connectivity index (χ0v) is 11.2. The van der Waals surface area contributed by atoms with Crippen molar-refractivity contribution >= 4 is 23.2 Å². The van der Waals surface area contributed by atoms with Crippen LogP contribution in [0.15, 0.2) is 34.7 Å². The second-order valence-corrected chi connectivity index (χ2v) is 4.00. The number of hydrogen-bond acceptors (Lipinski definition) is 4. The Balaban J connectivity index is 2.21. The third-order valence-electron chi connectivity index (χ3n) is 2.45. The molecule has 5 nitrogen and oxygen atoms in total. The zero-order chi connectivity index (χ0) is 13.8. The van der Waals surface area contributed by atoms with Gasteiger partial charge in [0.05, 0.1) is 19.9 Å². The van der Waals surface area contributed by atoms with Crippen LogP contribution >= 0.6 is 11.6 Å². The summed E-state index contributed by atoms with van der Waals surface area (Å²) < 4.78 is 15.3. The van der Waals surface area contributed by atoms with Crippen molar-refractivity contribution in [1.29, 1.82) is 0 Å². The lowest BCUT2D eigenvalue weighted by atomic mass is 10.2. The van der Waals surface area contributed by atoms with Crippen molar-refractivity contribution in [3.8, 4) is 11.5 Å². The van der Waals surface area contributed by atoms with Crippen molar-refractivity contribution < 1.29 is 18.7 Å². The molecule has 2 rings (SSSR count). The summed E-state index contributed by atoms with van der Waals surface area (Å²) in [4.78, 5) is 11.9. The van der Waals surface area contributed by atoms with E-state index in [1.165, 1.54) is 19.2 Å². The van der Waals surface area contributed by atoms with Gasteiger partial charge in [-0.05, 0) is 35.9 Å². The lowest BCUT2D eigenvalue weighted by Crippen LogP contribution is -2.11. The summed E-state index contributed by atoms with van der Waals surface area (Å²) in [6.45, 7) is 0. The van der Waals surface area contributed by atoms with Gasteiger partial charge >= 0.3 is 0 Å². The van der Waals surface area contributed by atoms with Crippen molar-refractivity contribution in [2.75, 3.05) is 19.5 Å². The molecule has 0 aliphatic rings. The van der Waals surface area contributed by atoms with Gasteiger partial charge in [0.25, 0.3) is 5.91 Å². The first-order valence-electron chi connectivity index (χ1n) is 5.42. The van der Waals surface area contributed by atoms with Gasteiger partial charge in [0, 0.05) is 6.07 Å². The van der Waals surface area contributed by atoms with Gasteiger partial charge in [-0.1, -0.05) is 0 Å².